The molecule has 2 heteroatoms. The van der Waals surface area contributed by atoms with Crippen molar-refractivity contribution < 1.29 is 9.47 Å². The largest absolute Gasteiger partial charge is 0.497 e. The smallest absolute Gasteiger partial charge is 0.178 e. The molecule has 10 rings (SSSR count). The standard InChI is InChI=1S/C48H38O2/c1-46(2)41-27-30-13-7-6-12-29(30)26-39(41)34-23-20-32(28-42(34)46)48(31-18-21-33(49-5)22-19-31)25-24-38-44-43(35-14-8-9-15-36(35)45(38)50-48)37-16-10-11-17-40(37)47(44,3)4/h6-28H,1-5H3. The second kappa shape index (κ2) is 9.98. The summed E-state index contributed by atoms with van der Waals surface area (Å²) in [6.07, 6.45) is 4.65. The molecule has 1 unspecified atom stereocenters. The molecule has 0 spiro atoms. The summed E-state index contributed by atoms with van der Waals surface area (Å²) in [7, 11) is 1.72. The molecule has 7 aromatic rings. The van der Waals surface area contributed by atoms with Crippen molar-refractivity contribution in [1.29, 1.82) is 0 Å². The van der Waals surface area contributed by atoms with E-state index in [1.54, 1.807) is 7.11 Å². The quantitative estimate of drug-likeness (QED) is 0.190. The van der Waals surface area contributed by atoms with Crippen molar-refractivity contribution in [3.05, 3.63) is 172 Å². The number of methoxy groups -OCH3 is 1. The Morgan fingerprint density at radius 2 is 1.20 bits per heavy atom. The van der Waals surface area contributed by atoms with E-state index in [1.807, 2.05) is 12.1 Å². The van der Waals surface area contributed by atoms with Crippen LogP contribution in [-0.4, -0.2) is 7.11 Å². The van der Waals surface area contributed by atoms with E-state index >= 15 is 0 Å². The van der Waals surface area contributed by atoms with Crippen molar-refractivity contribution in [2.45, 2.75) is 44.1 Å². The van der Waals surface area contributed by atoms with E-state index < -0.39 is 5.60 Å². The van der Waals surface area contributed by atoms with Gasteiger partial charge in [-0.15, -0.1) is 0 Å². The predicted molar refractivity (Wildman–Crippen MR) is 206 cm³/mol. The SMILES string of the molecule is COc1ccc(C2(c3ccc4c(c3)C(C)(C)c3cc5ccccc5cc3-4)C=Cc3c4c(c5ccccc5c3O2)-c2ccccc2C4(C)C)cc1. The lowest BCUT2D eigenvalue weighted by molar-refractivity contribution is 0.163. The number of rotatable bonds is 3. The molecule has 0 radical (unpaired) electrons. The maximum atomic E-state index is 7.64. The third-order valence-electron chi connectivity index (χ3n) is 11.9. The van der Waals surface area contributed by atoms with Gasteiger partial charge in [0.15, 0.2) is 5.60 Å². The summed E-state index contributed by atoms with van der Waals surface area (Å²) in [4.78, 5) is 0. The van der Waals surface area contributed by atoms with Gasteiger partial charge < -0.3 is 9.47 Å². The maximum Gasteiger partial charge on any atom is 0.178 e. The van der Waals surface area contributed by atoms with Crippen LogP contribution in [-0.2, 0) is 16.4 Å². The molecule has 7 aromatic carbocycles. The van der Waals surface area contributed by atoms with Crippen molar-refractivity contribution in [3.8, 4) is 33.8 Å². The molecule has 0 amide bonds. The van der Waals surface area contributed by atoms with Crippen LogP contribution in [0.25, 0.3) is 49.9 Å². The lowest BCUT2D eigenvalue weighted by Crippen LogP contribution is -2.35. The number of hydrogen-bond acceptors (Lipinski definition) is 2. The van der Waals surface area contributed by atoms with Gasteiger partial charge >= 0.3 is 0 Å². The first-order valence-electron chi connectivity index (χ1n) is 17.6. The van der Waals surface area contributed by atoms with Gasteiger partial charge in [-0.3, -0.25) is 0 Å². The first kappa shape index (κ1) is 29.3. The summed E-state index contributed by atoms with van der Waals surface area (Å²) in [6, 6.07) is 46.6. The molecule has 242 valence electrons. The summed E-state index contributed by atoms with van der Waals surface area (Å²) in [5.41, 5.74) is 12.8. The van der Waals surface area contributed by atoms with Crippen LogP contribution in [0.15, 0.2) is 133 Å². The van der Waals surface area contributed by atoms with E-state index in [-0.39, 0.29) is 10.8 Å². The summed E-state index contributed by atoms with van der Waals surface area (Å²) < 4.78 is 13.2. The molecular weight excluding hydrogens is 609 g/mol. The highest BCUT2D eigenvalue weighted by atomic mass is 16.5. The van der Waals surface area contributed by atoms with E-state index in [4.69, 9.17) is 9.47 Å². The monoisotopic (exact) mass is 646 g/mol. The van der Waals surface area contributed by atoms with Crippen LogP contribution in [0.5, 0.6) is 11.5 Å². The average molecular weight is 647 g/mol. The Bertz CT molecular complexity index is 2600. The number of benzene rings is 7. The molecule has 0 saturated carbocycles. The molecule has 1 atom stereocenters. The molecule has 0 N–H and O–H groups in total. The summed E-state index contributed by atoms with van der Waals surface area (Å²) >= 11 is 0. The van der Waals surface area contributed by atoms with Crippen LogP contribution < -0.4 is 9.47 Å². The van der Waals surface area contributed by atoms with Crippen molar-refractivity contribution in [3.63, 3.8) is 0 Å². The zero-order valence-corrected chi connectivity index (χ0v) is 29.1. The van der Waals surface area contributed by atoms with Gasteiger partial charge in [0.1, 0.15) is 11.5 Å². The van der Waals surface area contributed by atoms with Gasteiger partial charge in [0.2, 0.25) is 0 Å². The van der Waals surface area contributed by atoms with Gasteiger partial charge in [0, 0.05) is 32.9 Å². The second-order valence-corrected chi connectivity index (χ2v) is 15.2. The first-order chi connectivity index (χ1) is 24.2. The minimum Gasteiger partial charge on any atom is -0.497 e. The molecule has 2 aliphatic carbocycles. The molecule has 0 bridgehead atoms. The van der Waals surface area contributed by atoms with Crippen LogP contribution in [0.1, 0.15) is 66.6 Å². The van der Waals surface area contributed by atoms with Crippen molar-refractivity contribution in [1.82, 2.24) is 0 Å². The Kier molecular flexibility index (Phi) is 5.86. The molecule has 1 heterocycles. The minimum atomic E-state index is -0.865. The third-order valence-corrected chi connectivity index (χ3v) is 11.9. The van der Waals surface area contributed by atoms with Crippen LogP contribution >= 0.6 is 0 Å². The van der Waals surface area contributed by atoms with Gasteiger partial charge in [-0.05, 0) is 97.1 Å². The molecule has 2 nitrogen and oxygen atoms in total. The fourth-order valence-corrected chi connectivity index (χ4v) is 9.37. The first-order valence-corrected chi connectivity index (χ1v) is 17.6. The number of ether oxygens (including phenoxy) is 2. The van der Waals surface area contributed by atoms with Crippen LogP contribution in [0.2, 0.25) is 0 Å². The van der Waals surface area contributed by atoms with Crippen LogP contribution in [0.4, 0.5) is 0 Å². The molecule has 50 heavy (non-hydrogen) atoms. The van der Waals surface area contributed by atoms with Crippen LogP contribution in [0.3, 0.4) is 0 Å². The van der Waals surface area contributed by atoms with E-state index in [0.717, 1.165) is 28.0 Å². The van der Waals surface area contributed by atoms with Gasteiger partial charge in [0.05, 0.1) is 7.11 Å². The minimum absolute atomic E-state index is 0.175. The average Bonchev–Trinajstić information content (AvgIpc) is 3.53. The third kappa shape index (κ3) is 3.74. The predicted octanol–water partition coefficient (Wildman–Crippen LogP) is 12.0. The van der Waals surface area contributed by atoms with Crippen molar-refractivity contribution in [2.75, 3.05) is 7.11 Å². The lowest BCUT2D eigenvalue weighted by atomic mass is 9.76. The fraction of sp³-hybridized carbons (Fsp3) is 0.167. The summed E-state index contributed by atoms with van der Waals surface area (Å²) in [5.74, 6) is 1.76. The van der Waals surface area contributed by atoms with Crippen molar-refractivity contribution in [2.24, 2.45) is 0 Å². The van der Waals surface area contributed by atoms with Gasteiger partial charge in [-0.2, -0.15) is 0 Å². The molecule has 1 aliphatic heterocycles. The topological polar surface area (TPSA) is 18.5 Å². The van der Waals surface area contributed by atoms with Crippen molar-refractivity contribution >= 4 is 27.6 Å². The molecule has 0 aromatic heterocycles. The van der Waals surface area contributed by atoms with E-state index in [1.165, 1.54) is 66.2 Å². The molecular formula is C48H38O2. The Hall–Kier alpha value is -5.60. The fourth-order valence-electron chi connectivity index (χ4n) is 9.37. The second-order valence-electron chi connectivity index (χ2n) is 15.2. The summed E-state index contributed by atoms with van der Waals surface area (Å²) in [6.45, 7) is 9.44. The lowest BCUT2D eigenvalue weighted by Gasteiger charge is -2.39. The Morgan fingerprint density at radius 1 is 0.540 bits per heavy atom. The normalized spacial score (nSPS) is 18.6. The van der Waals surface area contributed by atoms with Gasteiger partial charge in [-0.25, -0.2) is 0 Å². The van der Waals surface area contributed by atoms with E-state index in [2.05, 4.69) is 155 Å². The maximum absolute atomic E-state index is 7.64. The van der Waals surface area contributed by atoms with E-state index in [0.29, 0.717) is 0 Å². The molecule has 0 saturated heterocycles. The highest BCUT2D eigenvalue weighted by Gasteiger charge is 2.45. The summed E-state index contributed by atoms with van der Waals surface area (Å²) in [5, 5.41) is 4.92. The van der Waals surface area contributed by atoms with Crippen LogP contribution in [0, 0.1) is 0 Å². The number of hydrogen-bond donors (Lipinski definition) is 0. The Balaban J connectivity index is 1.22. The Morgan fingerprint density at radius 3 is 1.98 bits per heavy atom. The highest BCUT2D eigenvalue weighted by molar-refractivity contribution is 6.08. The van der Waals surface area contributed by atoms with Gasteiger partial charge in [0.25, 0.3) is 0 Å². The van der Waals surface area contributed by atoms with E-state index in [9.17, 15) is 0 Å². The number of fused-ring (bicyclic) bond motifs is 12. The zero-order valence-electron chi connectivity index (χ0n) is 29.1. The molecule has 3 aliphatic rings. The van der Waals surface area contributed by atoms with Gasteiger partial charge in [-0.1, -0.05) is 131 Å². The zero-order chi connectivity index (χ0) is 34.0. The Labute approximate surface area is 293 Å². The molecule has 0 fully saturated rings. The highest BCUT2D eigenvalue weighted by Crippen LogP contribution is 2.59.